The van der Waals surface area contributed by atoms with Crippen molar-refractivity contribution in [3.05, 3.63) is 16.7 Å². The normalized spacial score (nSPS) is 12.5. The lowest BCUT2D eigenvalue weighted by Crippen LogP contribution is -2.42. The predicted octanol–water partition coefficient (Wildman–Crippen LogP) is 0.929. The Morgan fingerprint density at radius 1 is 1.35 bits per heavy atom. The summed E-state index contributed by atoms with van der Waals surface area (Å²) in [5.41, 5.74) is 3.49. The van der Waals surface area contributed by atoms with E-state index in [9.17, 15) is 26.7 Å². The minimum absolute atomic E-state index is 0.675. The van der Waals surface area contributed by atoms with Crippen LogP contribution in [-0.4, -0.2) is 28.7 Å². The molecule has 17 heavy (non-hydrogen) atoms. The molecule has 1 rings (SSSR count). The van der Waals surface area contributed by atoms with Gasteiger partial charge in [-0.15, -0.1) is 0 Å². The smallest absolute Gasteiger partial charge is 0.456 e. The molecule has 3 N–H and O–H groups in total. The number of nitrogen functional groups attached to an aromatic ring is 1. The Morgan fingerprint density at radius 2 is 1.94 bits per heavy atom. The lowest BCUT2D eigenvalue weighted by Gasteiger charge is -2.19. The van der Waals surface area contributed by atoms with Gasteiger partial charge in [-0.2, -0.15) is 22.0 Å². The second-order valence-electron chi connectivity index (χ2n) is 2.94. The number of nitrogens with one attached hydrogen (secondary N) is 1. The summed E-state index contributed by atoms with van der Waals surface area (Å²) in [4.78, 5) is 16.1. The molecule has 0 saturated heterocycles. The Labute approximate surface area is 90.4 Å². The highest BCUT2D eigenvalue weighted by Gasteiger charge is 2.58. The quantitative estimate of drug-likeness (QED) is 0.791. The Kier molecular flexibility index (Phi) is 3.25. The Balaban J connectivity index is 2.82. The van der Waals surface area contributed by atoms with Crippen LogP contribution in [0.4, 0.5) is 27.6 Å². The van der Waals surface area contributed by atoms with Crippen molar-refractivity contribution in [2.75, 3.05) is 12.3 Å². The van der Waals surface area contributed by atoms with E-state index in [2.05, 4.69) is 9.72 Å². The highest BCUT2D eigenvalue weighted by Crippen LogP contribution is 2.35. The maximum Gasteiger partial charge on any atom is 0.456 e. The van der Waals surface area contributed by atoms with Gasteiger partial charge in [-0.3, -0.25) is 4.79 Å². The number of nitrogens with two attached hydrogens (primary N) is 1. The molecule has 0 aromatic carbocycles. The van der Waals surface area contributed by atoms with Crippen molar-refractivity contribution >= 4 is 5.69 Å². The summed E-state index contributed by atoms with van der Waals surface area (Å²) < 4.78 is 64.3. The van der Waals surface area contributed by atoms with E-state index in [4.69, 9.17) is 5.73 Å². The number of anilines is 1. The summed E-state index contributed by atoms with van der Waals surface area (Å²) >= 11 is 0. The first kappa shape index (κ1) is 13.2. The molecule has 0 amide bonds. The monoisotopic (exact) mass is 259 g/mol. The minimum Gasteiger partial charge on any atom is -0.469 e. The average molecular weight is 259 g/mol. The molecule has 0 saturated carbocycles. The fraction of sp³-hybridized carbons (Fsp3) is 0.429. The molecule has 0 atom stereocenters. The van der Waals surface area contributed by atoms with Crippen LogP contribution in [0.15, 0.2) is 11.1 Å². The molecule has 1 aromatic rings. The van der Waals surface area contributed by atoms with Crippen molar-refractivity contribution in [1.29, 1.82) is 0 Å². The molecule has 0 fully saturated rings. The average Bonchev–Trinajstić information content (AvgIpc) is 2.18. The molecular formula is C7H6F5N3O2. The molecular weight excluding hydrogens is 253 g/mol. The van der Waals surface area contributed by atoms with Crippen LogP contribution < -0.4 is 16.0 Å². The van der Waals surface area contributed by atoms with Gasteiger partial charge < -0.3 is 15.5 Å². The first-order chi connectivity index (χ1) is 7.65. The van der Waals surface area contributed by atoms with Gasteiger partial charge in [0.15, 0.2) is 12.3 Å². The number of rotatable bonds is 3. The van der Waals surface area contributed by atoms with Crippen molar-refractivity contribution in [2.24, 2.45) is 0 Å². The van der Waals surface area contributed by atoms with Gasteiger partial charge in [0.2, 0.25) is 5.88 Å². The summed E-state index contributed by atoms with van der Waals surface area (Å²) in [6.07, 6.45) is -4.98. The number of ether oxygens (including phenoxy) is 1. The molecule has 1 heterocycles. The first-order valence-electron chi connectivity index (χ1n) is 4.05. The lowest BCUT2D eigenvalue weighted by molar-refractivity contribution is -0.290. The Bertz CT molecular complexity index is 456. The maximum absolute atomic E-state index is 12.4. The molecule has 1 aromatic heterocycles. The van der Waals surface area contributed by atoms with Crippen LogP contribution in [0.1, 0.15) is 0 Å². The number of aromatic nitrogens is 2. The van der Waals surface area contributed by atoms with Gasteiger partial charge in [-0.05, 0) is 0 Å². The second-order valence-corrected chi connectivity index (χ2v) is 2.94. The Hall–Kier alpha value is -1.87. The van der Waals surface area contributed by atoms with Gasteiger partial charge in [0.1, 0.15) is 0 Å². The Morgan fingerprint density at radius 3 is 2.47 bits per heavy atom. The molecule has 0 spiro atoms. The highest BCUT2D eigenvalue weighted by atomic mass is 19.4. The lowest BCUT2D eigenvalue weighted by atomic mass is 10.3. The minimum atomic E-state index is -5.75. The van der Waals surface area contributed by atoms with Crippen molar-refractivity contribution in [2.45, 2.75) is 12.1 Å². The number of halogens is 5. The van der Waals surface area contributed by atoms with Gasteiger partial charge in [0, 0.05) is 0 Å². The first-order valence-corrected chi connectivity index (χ1v) is 4.05. The summed E-state index contributed by atoms with van der Waals surface area (Å²) in [5.74, 6) is -5.83. The third-order valence-corrected chi connectivity index (χ3v) is 1.66. The third-order valence-electron chi connectivity index (χ3n) is 1.66. The number of hydrogen-bond acceptors (Lipinski definition) is 4. The van der Waals surface area contributed by atoms with E-state index in [1.165, 1.54) is 0 Å². The topological polar surface area (TPSA) is 81.0 Å². The summed E-state index contributed by atoms with van der Waals surface area (Å²) in [7, 11) is 0. The number of alkyl halides is 5. The molecule has 0 aliphatic carbocycles. The van der Waals surface area contributed by atoms with Crippen LogP contribution in [0.3, 0.4) is 0 Å². The van der Waals surface area contributed by atoms with Crippen molar-refractivity contribution in [3.63, 3.8) is 0 Å². The van der Waals surface area contributed by atoms with Crippen LogP contribution in [-0.2, 0) is 0 Å². The van der Waals surface area contributed by atoms with Crippen LogP contribution in [0, 0.1) is 0 Å². The predicted molar refractivity (Wildman–Crippen MR) is 45.8 cm³/mol. The van der Waals surface area contributed by atoms with E-state index in [0.29, 0.717) is 0 Å². The highest BCUT2D eigenvalue weighted by molar-refractivity contribution is 5.44. The molecule has 10 heteroatoms. The zero-order valence-corrected chi connectivity index (χ0v) is 8.02. The number of nitrogens with zero attached hydrogens (tertiary/aromatic N) is 1. The molecule has 0 radical (unpaired) electrons. The number of H-pyrrole nitrogens is 1. The summed E-state index contributed by atoms with van der Waals surface area (Å²) in [6.45, 7) is -2.00. The van der Waals surface area contributed by atoms with Crippen LogP contribution in [0.25, 0.3) is 0 Å². The molecule has 0 aliphatic rings. The molecule has 0 bridgehead atoms. The van der Waals surface area contributed by atoms with Crippen molar-refractivity contribution < 1.29 is 26.7 Å². The van der Waals surface area contributed by atoms with E-state index >= 15 is 0 Å². The van der Waals surface area contributed by atoms with E-state index in [0.717, 1.165) is 6.33 Å². The van der Waals surface area contributed by atoms with Crippen molar-refractivity contribution in [1.82, 2.24) is 9.97 Å². The standard InChI is InChI=1S/C7H6F5N3O2/c8-6(9,7(10,11)12)1-17-5-3(13)4(16)14-2-15-5/h2H,1,13H2,(H,14,15,16). The third kappa shape index (κ3) is 2.82. The van der Waals surface area contributed by atoms with Crippen LogP contribution >= 0.6 is 0 Å². The summed E-state index contributed by atoms with van der Waals surface area (Å²) in [5, 5.41) is 0. The zero-order chi connectivity index (χ0) is 13.3. The second kappa shape index (κ2) is 4.18. The largest absolute Gasteiger partial charge is 0.469 e. The van der Waals surface area contributed by atoms with Gasteiger partial charge in [-0.1, -0.05) is 0 Å². The molecule has 5 nitrogen and oxygen atoms in total. The van der Waals surface area contributed by atoms with Gasteiger partial charge in [-0.25, -0.2) is 4.98 Å². The van der Waals surface area contributed by atoms with E-state index in [1.54, 1.807) is 0 Å². The van der Waals surface area contributed by atoms with Crippen LogP contribution in [0.2, 0.25) is 0 Å². The van der Waals surface area contributed by atoms with Crippen molar-refractivity contribution in [3.8, 4) is 5.88 Å². The van der Waals surface area contributed by atoms with Gasteiger partial charge in [0.05, 0.1) is 6.33 Å². The summed E-state index contributed by atoms with van der Waals surface area (Å²) in [6, 6.07) is 0. The number of hydrogen-bond donors (Lipinski definition) is 2. The fourth-order valence-electron chi connectivity index (χ4n) is 0.750. The van der Waals surface area contributed by atoms with E-state index in [-0.39, 0.29) is 0 Å². The van der Waals surface area contributed by atoms with Gasteiger partial charge >= 0.3 is 12.1 Å². The molecule has 0 unspecified atom stereocenters. The van der Waals surface area contributed by atoms with E-state index < -0.39 is 35.8 Å². The fourth-order valence-corrected chi connectivity index (χ4v) is 0.750. The zero-order valence-electron chi connectivity index (χ0n) is 8.02. The molecule has 0 aliphatic heterocycles. The van der Waals surface area contributed by atoms with Gasteiger partial charge in [0.25, 0.3) is 5.56 Å². The number of aromatic amines is 1. The maximum atomic E-state index is 12.4. The molecule has 96 valence electrons. The SMILES string of the molecule is Nc1c(OCC(F)(F)C(F)(F)F)nc[nH]c1=O. The van der Waals surface area contributed by atoms with E-state index in [1.807, 2.05) is 4.98 Å². The van der Waals surface area contributed by atoms with Crippen LogP contribution in [0.5, 0.6) is 5.88 Å².